The van der Waals surface area contributed by atoms with E-state index in [9.17, 15) is 0 Å². The van der Waals surface area contributed by atoms with Gasteiger partial charge in [-0.25, -0.2) is 0 Å². The lowest BCUT2D eigenvalue weighted by Crippen LogP contribution is -2.39. The Morgan fingerprint density at radius 2 is 1.70 bits per heavy atom. The summed E-state index contributed by atoms with van der Waals surface area (Å²) in [6.07, 6.45) is 4.94. The van der Waals surface area contributed by atoms with Crippen molar-refractivity contribution in [1.82, 2.24) is 15.5 Å². The summed E-state index contributed by atoms with van der Waals surface area (Å²) < 4.78 is 0. The minimum atomic E-state index is 0.911. The summed E-state index contributed by atoms with van der Waals surface area (Å²) in [6, 6.07) is 6.75. The third-order valence-corrected chi connectivity index (χ3v) is 4.35. The van der Waals surface area contributed by atoms with Crippen LogP contribution in [0, 0.1) is 13.8 Å². The third-order valence-electron chi connectivity index (χ3n) is 4.35. The first-order valence-corrected chi connectivity index (χ1v) is 8.91. The van der Waals surface area contributed by atoms with Gasteiger partial charge in [0.05, 0.1) is 0 Å². The molecule has 1 heterocycles. The molecule has 0 amide bonds. The normalized spacial score (nSPS) is 15.9. The zero-order valence-corrected chi connectivity index (χ0v) is 15.0. The zero-order valence-electron chi connectivity index (χ0n) is 15.0. The van der Waals surface area contributed by atoms with E-state index in [1.54, 1.807) is 0 Å². The van der Waals surface area contributed by atoms with Crippen LogP contribution in [0.2, 0.25) is 0 Å². The van der Waals surface area contributed by atoms with Gasteiger partial charge in [-0.15, -0.1) is 0 Å². The molecule has 2 N–H and O–H groups in total. The van der Waals surface area contributed by atoms with Crippen LogP contribution in [0.1, 0.15) is 36.0 Å². The number of guanidine groups is 1. The number of likely N-dealkylation sites (tertiary alicyclic amines) is 1. The molecule has 0 unspecified atom stereocenters. The predicted octanol–water partition coefficient (Wildman–Crippen LogP) is 2.50. The second-order valence-corrected chi connectivity index (χ2v) is 6.57. The zero-order chi connectivity index (χ0) is 16.5. The average molecular weight is 316 g/mol. The number of nitrogens with one attached hydrogen (secondary N) is 2. The Morgan fingerprint density at radius 1 is 1.04 bits per heavy atom. The maximum absolute atomic E-state index is 4.30. The van der Waals surface area contributed by atoms with Crippen LogP contribution in [-0.2, 0) is 6.42 Å². The molecule has 2 rings (SSSR count). The average Bonchev–Trinajstić information content (AvgIpc) is 3.02. The van der Waals surface area contributed by atoms with Crippen molar-refractivity contribution in [2.45, 2.75) is 39.5 Å². The van der Waals surface area contributed by atoms with Gasteiger partial charge >= 0.3 is 0 Å². The Balaban J connectivity index is 1.62. The van der Waals surface area contributed by atoms with Gasteiger partial charge in [0.15, 0.2) is 5.96 Å². The van der Waals surface area contributed by atoms with E-state index in [0.717, 1.165) is 25.5 Å². The van der Waals surface area contributed by atoms with Gasteiger partial charge in [0, 0.05) is 20.1 Å². The van der Waals surface area contributed by atoms with Gasteiger partial charge in [-0.05, 0) is 64.7 Å². The largest absolute Gasteiger partial charge is 0.356 e. The summed E-state index contributed by atoms with van der Waals surface area (Å²) in [4.78, 5) is 6.86. The third kappa shape index (κ3) is 6.61. The van der Waals surface area contributed by atoms with Crippen molar-refractivity contribution in [1.29, 1.82) is 0 Å². The Labute approximate surface area is 141 Å². The summed E-state index contributed by atoms with van der Waals surface area (Å²) in [5, 5.41) is 6.83. The number of hydrogen-bond acceptors (Lipinski definition) is 2. The lowest BCUT2D eigenvalue weighted by atomic mass is 10.1. The molecule has 0 spiro atoms. The molecule has 4 heteroatoms. The fourth-order valence-electron chi connectivity index (χ4n) is 3.27. The van der Waals surface area contributed by atoms with Gasteiger partial charge in [0.25, 0.3) is 0 Å². The van der Waals surface area contributed by atoms with E-state index in [4.69, 9.17) is 0 Å². The number of aryl methyl sites for hydroxylation is 2. The molecule has 1 aliphatic heterocycles. The van der Waals surface area contributed by atoms with Crippen LogP contribution in [0.5, 0.6) is 0 Å². The molecule has 0 bridgehead atoms. The fourth-order valence-corrected chi connectivity index (χ4v) is 3.27. The maximum atomic E-state index is 4.30. The number of aliphatic imine (C=N–C) groups is 1. The molecule has 1 saturated heterocycles. The molecular formula is C19H32N4. The number of benzene rings is 1. The topological polar surface area (TPSA) is 39.7 Å². The first kappa shape index (κ1) is 17.8. The number of rotatable bonds is 7. The first-order valence-electron chi connectivity index (χ1n) is 8.91. The summed E-state index contributed by atoms with van der Waals surface area (Å²) in [6.45, 7) is 9.97. The second kappa shape index (κ2) is 9.56. The maximum Gasteiger partial charge on any atom is 0.190 e. The highest BCUT2D eigenvalue weighted by Gasteiger charge is 2.10. The van der Waals surface area contributed by atoms with Crippen LogP contribution in [0.25, 0.3) is 0 Å². The van der Waals surface area contributed by atoms with Crippen molar-refractivity contribution in [3.05, 3.63) is 34.9 Å². The summed E-state index contributed by atoms with van der Waals surface area (Å²) in [5.74, 6) is 0.913. The molecular weight excluding hydrogens is 284 g/mol. The van der Waals surface area contributed by atoms with Crippen molar-refractivity contribution < 1.29 is 0 Å². The van der Waals surface area contributed by atoms with Crippen molar-refractivity contribution in [3.63, 3.8) is 0 Å². The molecule has 0 atom stereocenters. The number of nitrogens with zero attached hydrogens (tertiary/aromatic N) is 2. The van der Waals surface area contributed by atoms with Crippen LogP contribution in [0.4, 0.5) is 0 Å². The van der Waals surface area contributed by atoms with E-state index in [-0.39, 0.29) is 0 Å². The molecule has 1 aromatic rings. The van der Waals surface area contributed by atoms with Gasteiger partial charge < -0.3 is 15.5 Å². The van der Waals surface area contributed by atoms with Gasteiger partial charge in [-0.1, -0.05) is 29.3 Å². The minimum Gasteiger partial charge on any atom is -0.356 e. The van der Waals surface area contributed by atoms with Gasteiger partial charge in [0.1, 0.15) is 0 Å². The van der Waals surface area contributed by atoms with Crippen molar-refractivity contribution in [2.75, 3.05) is 39.8 Å². The summed E-state index contributed by atoms with van der Waals surface area (Å²) >= 11 is 0. The molecule has 0 aromatic heterocycles. The van der Waals surface area contributed by atoms with E-state index in [2.05, 4.69) is 52.6 Å². The quantitative estimate of drug-likeness (QED) is 0.461. The van der Waals surface area contributed by atoms with E-state index in [0.29, 0.717) is 0 Å². The Kier molecular flexibility index (Phi) is 7.40. The first-order chi connectivity index (χ1) is 11.2. The van der Waals surface area contributed by atoms with E-state index >= 15 is 0 Å². The molecule has 23 heavy (non-hydrogen) atoms. The Hall–Kier alpha value is -1.55. The van der Waals surface area contributed by atoms with Crippen molar-refractivity contribution in [3.8, 4) is 0 Å². The highest BCUT2D eigenvalue weighted by molar-refractivity contribution is 5.79. The minimum absolute atomic E-state index is 0.911. The van der Waals surface area contributed by atoms with Crippen molar-refractivity contribution in [2.24, 2.45) is 4.99 Å². The van der Waals surface area contributed by atoms with Gasteiger partial charge in [-0.2, -0.15) is 0 Å². The van der Waals surface area contributed by atoms with E-state index in [1.807, 2.05) is 7.05 Å². The molecule has 1 aromatic carbocycles. The molecule has 0 radical (unpaired) electrons. The standard InChI is InChI=1S/C19H32N4/c1-16-13-17(2)15-18(14-16)7-9-22-19(20-3)21-8-6-12-23-10-4-5-11-23/h13-15H,4-12H2,1-3H3,(H2,20,21,22). The second-order valence-electron chi connectivity index (χ2n) is 6.57. The molecule has 128 valence electrons. The molecule has 0 saturated carbocycles. The fraction of sp³-hybridized carbons (Fsp3) is 0.632. The summed E-state index contributed by atoms with van der Waals surface area (Å²) in [7, 11) is 1.84. The summed E-state index contributed by atoms with van der Waals surface area (Å²) in [5.41, 5.74) is 4.06. The molecule has 1 fully saturated rings. The van der Waals surface area contributed by atoms with Crippen LogP contribution in [-0.4, -0.2) is 50.6 Å². The SMILES string of the molecule is CN=C(NCCCN1CCCC1)NCCc1cc(C)cc(C)c1. The van der Waals surface area contributed by atoms with Gasteiger partial charge in [0.2, 0.25) is 0 Å². The molecule has 1 aliphatic rings. The monoisotopic (exact) mass is 316 g/mol. The predicted molar refractivity (Wildman–Crippen MR) is 99.3 cm³/mol. The van der Waals surface area contributed by atoms with Gasteiger partial charge in [-0.3, -0.25) is 4.99 Å². The van der Waals surface area contributed by atoms with Crippen LogP contribution >= 0.6 is 0 Å². The smallest absolute Gasteiger partial charge is 0.190 e. The number of hydrogen-bond donors (Lipinski definition) is 2. The molecule has 0 aliphatic carbocycles. The van der Waals surface area contributed by atoms with Crippen LogP contribution in [0.15, 0.2) is 23.2 Å². The lowest BCUT2D eigenvalue weighted by molar-refractivity contribution is 0.334. The van der Waals surface area contributed by atoms with E-state index in [1.165, 1.54) is 55.6 Å². The Bertz CT molecular complexity index is 484. The van der Waals surface area contributed by atoms with Crippen LogP contribution < -0.4 is 10.6 Å². The Morgan fingerprint density at radius 3 is 2.35 bits per heavy atom. The molecule has 4 nitrogen and oxygen atoms in total. The lowest BCUT2D eigenvalue weighted by Gasteiger charge is -2.16. The van der Waals surface area contributed by atoms with Crippen molar-refractivity contribution >= 4 is 5.96 Å². The van der Waals surface area contributed by atoms with Crippen LogP contribution in [0.3, 0.4) is 0 Å². The van der Waals surface area contributed by atoms with E-state index < -0.39 is 0 Å². The highest BCUT2D eigenvalue weighted by Crippen LogP contribution is 2.09. The highest BCUT2D eigenvalue weighted by atomic mass is 15.2.